The molecule has 2 aromatic rings. The number of fused-ring (bicyclic) bond motifs is 1. The van der Waals surface area contributed by atoms with E-state index in [0.717, 1.165) is 30.3 Å². The minimum absolute atomic E-state index is 0.553. The second-order valence-corrected chi connectivity index (χ2v) is 5.35. The van der Waals surface area contributed by atoms with Crippen LogP contribution in [0, 0.1) is 0 Å². The molecular formula is C17H24N2O. The average molecular weight is 272 g/mol. The first kappa shape index (κ1) is 14.8. The second kappa shape index (κ2) is 7.83. The first-order chi connectivity index (χ1) is 9.86. The fourth-order valence-corrected chi connectivity index (χ4v) is 2.65. The topological polar surface area (TPSA) is 34.9 Å². The predicted octanol–water partition coefficient (Wildman–Crippen LogP) is 4.60. The van der Waals surface area contributed by atoms with Crippen molar-refractivity contribution < 1.29 is 4.79 Å². The number of aldehydes is 1. The molecule has 0 radical (unpaired) electrons. The number of aryl methyl sites for hydroxylation is 1. The highest BCUT2D eigenvalue weighted by Gasteiger charge is 2.08. The monoisotopic (exact) mass is 272 g/mol. The molecule has 1 aromatic carbocycles. The smallest absolute Gasteiger partial charge is 0.185 e. The Balaban J connectivity index is 1.87. The van der Waals surface area contributed by atoms with Crippen LogP contribution in [0.4, 0.5) is 0 Å². The largest absolute Gasteiger partial charge is 0.322 e. The molecule has 0 aliphatic heterocycles. The zero-order chi connectivity index (χ0) is 14.2. The normalized spacial score (nSPS) is 11.1. The number of benzene rings is 1. The Morgan fingerprint density at radius 2 is 1.75 bits per heavy atom. The van der Waals surface area contributed by atoms with Crippen LogP contribution in [-0.2, 0) is 6.54 Å². The third kappa shape index (κ3) is 3.69. The lowest BCUT2D eigenvalue weighted by Crippen LogP contribution is -2.03. The first-order valence-corrected chi connectivity index (χ1v) is 7.77. The van der Waals surface area contributed by atoms with E-state index in [0.29, 0.717) is 5.82 Å². The number of hydrogen-bond donors (Lipinski definition) is 0. The van der Waals surface area contributed by atoms with Crippen molar-refractivity contribution in [3.8, 4) is 0 Å². The molecule has 0 atom stereocenters. The second-order valence-electron chi connectivity index (χ2n) is 5.35. The Labute approximate surface area is 121 Å². The third-order valence-corrected chi connectivity index (χ3v) is 3.77. The van der Waals surface area contributed by atoms with Crippen LogP contribution in [0.2, 0.25) is 0 Å². The van der Waals surface area contributed by atoms with Crippen molar-refractivity contribution in [2.24, 2.45) is 0 Å². The van der Waals surface area contributed by atoms with E-state index in [4.69, 9.17) is 0 Å². The minimum Gasteiger partial charge on any atom is -0.322 e. The highest BCUT2D eigenvalue weighted by molar-refractivity contribution is 5.82. The Morgan fingerprint density at radius 3 is 2.50 bits per heavy atom. The van der Waals surface area contributed by atoms with Crippen molar-refractivity contribution in [3.63, 3.8) is 0 Å². The summed E-state index contributed by atoms with van der Waals surface area (Å²) >= 11 is 0. The molecule has 3 nitrogen and oxygen atoms in total. The molecule has 0 spiro atoms. The molecule has 0 aliphatic carbocycles. The summed E-state index contributed by atoms with van der Waals surface area (Å²) in [5.74, 6) is 0.553. The number of hydrogen-bond acceptors (Lipinski definition) is 2. The van der Waals surface area contributed by atoms with Gasteiger partial charge in [-0.25, -0.2) is 4.98 Å². The molecule has 20 heavy (non-hydrogen) atoms. The number of imidazole rings is 1. The maximum atomic E-state index is 11.1. The van der Waals surface area contributed by atoms with E-state index in [1.165, 1.54) is 38.5 Å². The Hall–Kier alpha value is -1.64. The molecule has 108 valence electrons. The zero-order valence-corrected chi connectivity index (χ0v) is 12.3. The van der Waals surface area contributed by atoms with Gasteiger partial charge in [0.25, 0.3) is 0 Å². The van der Waals surface area contributed by atoms with Crippen LogP contribution in [0.1, 0.15) is 62.5 Å². The van der Waals surface area contributed by atoms with Gasteiger partial charge < -0.3 is 4.57 Å². The van der Waals surface area contributed by atoms with Gasteiger partial charge in [-0.15, -0.1) is 0 Å². The van der Waals surface area contributed by atoms with Gasteiger partial charge in [-0.1, -0.05) is 57.6 Å². The quantitative estimate of drug-likeness (QED) is 0.494. The fraction of sp³-hybridized carbons (Fsp3) is 0.529. The number of para-hydroxylation sites is 2. The van der Waals surface area contributed by atoms with E-state index in [9.17, 15) is 4.79 Å². The van der Waals surface area contributed by atoms with Crippen LogP contribution in [0.3, 0.4) is 0 Å². The summed E-state index contributed by atoms with van der Waals surface area (Å²) in [7, 11) is 0. The van der Waals surface area contributed by atoms with Crippen molar-refractivity contribution in [1.29, 1.82) is 0 Å². The highest BCUT2D eigenvalue weighted by Crippen LogP contribution is 2.16. The molecule has 0 fully saturated rings. The van der Waals surface area contributed by atoms with E-state index in [-0.39, 0.29) is 0 Å². The molecule has 0 N–H and O–H groups in total. The van der Waals surface area contributed by atoms with Crippen LogP contribution in [0.15, 0.2) is 24.3 Å². The SMILES string of the molecule is CCCCCCCCCn1c(C=O)nc2ccccc21. The Bertz CT molecular complexity index is 545. The third-order valence-electron chi connectivity index (χ3n) is 3.77. The number of carbonyl (C=O) groups excluding carboxylic acids is 1. The van der Waals surface area contributed by atoms with Crippen molar-refractivity contribution in [2.75, 3.05) is 0 Å². The lowest BCUT2D eigenvalue weighted by molar-refractivity contribution is 0.111. The van der Waals surface area contributed by atoms with E-state index < -0.39 is 0 Å². The summed E-state index contributed by atoms with van der Waals surface area (Å²) in [6.45, 7) is 3.13. The van der Waals surface area contributed by atoms with E-state index in [1.54, 1.807) is 0 Å². The molecule has 3 heteroatoms. The number of unbranched alkanes of at least 4 members (excludes halogenated alkanes) is 6. The van der Waals surface area contributed by atoms with E-state index in [2.05, 4.69) is 11.9 Å². The lowest BCUT2D eigenvalue weighted by atomic mass is 10.1. The van der Waals surface area contributed by atoms with E-state index >= 15 is 0 Å². The van der Waals surface area contributed by atoms with Gasteiger partial charge in [0.05, 0.1) is 11.0 Å². The summed E-state index contributed by atoms with van der Waals surface area (Å²) in [6.07, 6.45) is 9.83. The molecular weight excluding hydrogens is 248 g/mol. The molecule has 0 aliphatic rings. The fourth-order valence-electron chi connectivity index (χ4n) is 2.65. The van der Waals surface area contributed by atoms with Gasteiger partial charge in [-0.3, -0.25) is 4.79 Å². The number of rotatable bonds is 9. The number of nitrogens with zero attached hydrogens (tertiary/aromatic N) is 2. The lowest BCUT2D eigenvalue weighted by Gasteiger charge is -2.06. The van der Waals surface area contributed by atoms with Crippen LogP contribution in [-0.4, -0.2) is 15.8 Å². The van der Waals surface area contributed by atoms with Crippen LogP contribution >= 0.6 is 0 Å². The van der Waals surface area contributed by atoms with Gasteiger partial charge in [0.2, 0.25) is 0 Å². The van der Waals surface area contributed by atoms with Crippen molar-refractivity contribution in [1.82, 2.24) is 9.55 Å². The molecule has 0 saturated carbocycles. The van der Waals surface area contributed by atoms with Crippen LogP contribution < -0.4 is 0 Å². The standard InChI is InChI=1S/C17H24N2O/c1-2-3-4-5-6-7-10-13-19-16-12-9-8-11-15(16)18-17(19)14-20/h8-9,11-12,14H,2-7,10,13H2,1H3. The number of carbonyl (C=O) groups is 1. The van der Waals surface area contributed by atoms with Crippen LogP contribution in [0.25, 0.3) is 11.0 Å². The van der Waals surface area contributed by atoms with Gasteiger partial charge in [0, 0.05) is 6.54 Å². The first-order valence-electron chi connectivity index (χ1n) is 7.77. The van der Waals surface area contributed by atoms with Gasteiger partial charge in [0.15, 0.2) is 12.1 Å². The van der Waals surface area contributed by atoms with E-state index in [1.807, 2.05) is 28.8 Å². The van der Waals surface area contributed by atoms with Gasteiger partial charge in [-0.05, 0) is 18.6 Å². The summed E-state index contributed by atoms with van der Waals surface area (Å²) in [5, 5.41) is 0. The maximum absolute atomic E-state index is 11.1. The molecule has 0 saturated heterocycles. The molecule has 0 bridgehead atoms. The molecule has 1 aromatic heterocycles. The predicted molar refractivity (Wildman–Crippen MR) is 83.1 cm³/mol. The van der Waals surface area contributed by atoms with Crippen molar-refractivity contribution in [2.45, 2.75) is 58.4 Å². The van der Waals surface area contributed by atoms with Crippen LogP contribution in [0.5, 0.6) is 0 Å². The molecule has 0 unspecified atom stereocenters. The average Bonchev–Trinajstić information content (AvgIpc) is 2.84. The Kier molecular flexibility index (Phi) is 5.78. The zero-order valence-electron chi connectivity index (χ0n) is 12.3. The number of aromatic nitrogens is 2. The molecule has 2 rings (SSSR count). The van der Waals surface area contributed by atoms with Gasteiger partial charge in [-0.2, -0.15) is 0 Å². The highest BCUT2D eigenvalue weighted by atomic mass is 16.1. The molecule has 1 heterocycles. The maximum Gasteiger partial charge on any atom is 0.185 e. The molecule has 0 amide bonds. The van der Waals surface area contributed by atoms with Gasteiger partial charge in [0.1, 0.15) is 0 Å². The summed E-state index contributed by atoms with van der Waals surface area (Å²) in [5.41, 5.74) is 1.98. The van der Waals surface area contributed by atoms with Crippen molar-refractivity contribution in [3.05, 3.63) is 30.1 Å². The minimum atomic E-state index is 0.553. The summed E-state index contributed by atoms with van der Waals surface area (Å²) < 4.78 is 2.05. The summed E-state index contributed by atoms with van der Waals surface area (Å²) in [6, 6.07) is 7.96. The van der Waals surface area contributed by atoms with Gasteiger partial charge >= 0.3 is 0 Å². The summed E-state index contributed by atoms with van der Waals surface area (Å²) in [4.78, 5) is 15.5. The van der Waals surface area contributed by atoms with Crippen molar-refractivity contribution >= 4 is 17.3 Å². The Morgan fingerprint density at radius 1 is 1.05 bits per heavy atom.